The van der Waals surface area contributed by atoms with Crippen molar-refractivity contribution < 1.29 is 9.59 Å². The average Bonchev–Trinajstić information content (AvgIpc) is 3.22. The lowest BCUT2D eigenvalue weighted by Crippen LogP contribution is -2.36. The molecular weight excluding hydrogens is 447 g/mol. The molecule has 8 heteroatoms. The number of nitrogens with one attached hydrogen (secondary N) is 1. The Morgan fingerprint density at radius 3 is 2.41 bits per heavy atom. The Morgan fingerprint density at radius 1 is 1.03 bits per heavy atom. The smallest absolute Gasteiger partial charge is 0.230 e. The van der Waals surface area contributed by atoms with Crippen molar-refractivity contribution in [1.82, 2.24) is 4.98 Å². The molecule has 0 saturated carbocycles. The van der Waals surface area contributed by atoms with Gasteiger partial charge in [0.2, 0.25) is 11.8 Å². The highest BCUT2D eigenvalue weighted by Crippen LogP contribution is 2.34. The van der Waals surface area contributed by atoms with Gasteiger partial charge in [-0.2, -0.15) is 0 Å². The van der Waals surface area contributed by atoms with Gasteiger partial charge in [-0.3, -0.25) is 14.6 Å². The predicted molar refractivity (Wildman–Crippen MR) is 129 cm³/mol. The van der Waals surface area contributed by atoms with Gasteiger partial charge in [0.15, 0.2) is 0 Å². The van der Waals surface area contributed by atoms with Gasteiger partial charge in [-0.15, -0.1) is 12.4 Å². The van der Waals surface area contributed by atoms with Gasteiger partial charge in [0, 0.05) is 27.7 Å². The Bertz CT molecular complexity index is 1140. The molecule has 0 atom stereocenters. The monoisotopic (exact) mass is 470 g/mol. The lowest BCUT2D eigenvalue weighted by molar-refractivity contribution is -0.131. The van der Waals surface area contributed by atoms with E-state index in [0.717, 1.165) is 53.2 Å². The number of benzene rings is 2. The van der Waals surface area contributed by atoms with Crippen molar-refractivity contribution >= 4 is 47.2 Å². The number of hydrogen-bond donors (Lipinski definition) is 3. The summed E-state index contributed by atoms with van der Waals surface area (Å²) in [5, 5.41) is 4.17. The van der Waals surface area contributed by atoms with Crippen molar-refractivity contribution in [2.45, 2.75) is 25.7 Å². The average molecular weight is 471 g/mol. The predicted octanol–water partition coefficient (Wildman–Crippen LogP) is 4.19. The Morgan fingerprint density at radius 2 is 1.75 bits per heavy atom. The van der Waals surface area contributed by atoms with Crippen LogP contribution < -0.4 is 16.8 Å². The number of amides is 2. The maximum atomic E-state index is 11.4. The highest BCUT2D eigenvalue weighted by molar-refractivity contribution is 6.30. The molecule has 0 radical (unpaired) electrons. The van der Waals surface area contributed by atoms with Crippen molar-refractivity contribution in [2.75, 3.05) is 5.32 Å². The number of pyridine rings is 1. The van der Waals surface area contributed by atoms with Gasteiger partial charge >= 0.3 is 0 Å². The Labute approximate surface area is 197 Å². The molecule has 0 unspecified atom stereocenters. The minimum atomic E-state index is -1.01. The molecule has 3 aromatic rings. The molecule has 2 amide bonds. The molecule has 1 heterocycles. The van der Waals surface area contributed by atoms with E-state index in [0.29, 0.717) is 5.02 Å². The highest BCUT2D eigenvalue weighted by Gasteiger charge is 2.22. The number of carbonyl (C=O) groups excluding carboxylic acids is 2. The maximum absolute atomic E-state index is 11.4. The minimum absolute atomic E-state index is 0. The topological polar surface area (TPSA) is 111 Å². The van der Waals surface area contributed by atoms with Gasteiger partial charge in [0.05, 0.1) is 5.69 Å². The van der Waals surface area contributed by atoms with Gasteiger partial charge in [-0.05, 0) is 67.1 Å². The van der Waals surface area contributed by atoms with Crippen LogP contribution in [0.4, 0.5) is 11.4 Å². The van der Waals surface area contributed by atoms with Crippen molar-refractivity contribution in [3.8, 4) is 11.3 Å². The summed E-state index contributed by atoms with van der Waals surface area (Å²) in [5.74, 6) is -2.44. The summed E-state index contributed by atoms with van der Waals surface area (Å²) in [6, 6.07) is 17.3. The van der Waals surface area contributed by atoms with Crippen LogP contribution in [0.25, 0.3) is 11.3 Å². The number of halogens is 2. The molecule has 0 aliphatic heterocycles. The van der Waals surface area contributed by atoms with E-state index >= 15 is 0 Å². The maximum Gasteiger partial charge on any atom is 0.230 e. The third-order valence-electron chi connectivity index (χ3n) is 5.53. The molecule has 2 aromatic carbocycles. The van der Waals surface area contributed by atoms with Crippen molar-refractivity contribution in [1.29, 1.82) is 0 Å². The van der Waals surface area contributed by atoms with Crippen molar-refractivity contribution in [3.63, 3.8) is 0 Å². The molecule has 4 rings (SSSR count). The first-order valence-corrected chi connectivity index (χ1v) is 10.5. The molecule has 0 bridgehead atoms. The van der Waals surface area contributed by atoms with E-state index in [1.165, 1.54) is 5.56 Å². The number of carbonyl (C=O) groups is 2. The van der Waals surface area contributed by atoms with E-state index in [-0.39, 0.29) is 18.8 Å². The van der Waals surface area contributed by atoms with E-state index in [1.807, 2.05) is 48.5 Å². The van der Waals surface area contributed by atoms with Crippen molar-refractivity contribution in [2.24, 2.45) is 17.4 Å². The van der Waals surface area contributed by atoms with E-state index in [2.05, 4.69) is 11.4 Å². The van der Waals surface area contributed by atoms with E-state index in [9.17, 15) is 9.59 Å². The van der Waals surface area contributed by atoms with Gasteiger partial charge in [-0.25, -0.2) is 0 Å². The lowest BCUT2D eigenvalue weighted by atomic mass is 9.98. The Hall–Kier alpha value is -3.09. The SMILES string of the molecule is Cl.NC(=O)C(Cc1ccc(Nc2cc(-c3cccc(Cl)c3)nc3c2CCC3)cc1)C(N)=O. The van der Waals surface area contributed by atoms with Crippen LogP contribution in [0.1, 0.15) is 23.2 Å². The fourth-order valence-corrected chi connectivity index (χ4v) is 4.10. The van der Waals surface area contributed by atoms with Crippen molar-refractivity contribution in [3.05, 3.63) is 76.4 Å². The van der Waals surface area contributed by atoms with E-state index < -0.39 is 17.7 Å². The van der Waals surface area contributed by atoms with Crippen LogP contribution in [0.5, 0.6) is 0 Å². The molecule has 5 N–H and O–H groups in total. The van der Waals surface area contributed by atoms with E-state index in [1.54, 1.807) is 0 Å². The quantitative estimate of drug-likeness (QED) is 0.449. The van der Waals surface area contributed by atoms with Crippen LogP contribution in [-0.2, 0) is 28.9 Å². The van der Waals surface area contributed by atoms with Crippen LogP contribution in [0, 0.1) is 5.92 Å². The highest BCUT2D eigenvalue weighted by atomic mass is 35.5. The number of aromatic nitrogens is 1. The van der Waals surface area contributed by atoms with Gasteiger partial charge in [0.25, 0.3) is 0 Å². The summed E-state index contributed by atoms with van der Waals surface area (Å²) in [5.41, 5.74) is 17.5. The first-order valence-electron chi connectivity index (χ1n) is 10.1. The summed E-state index contributed by atoms with van der Waals surface area (Å²) < 4.78 is 0. The number of fused-ring (bicyclic) bond motifs is 1. The zero-order valence-electron chi connectivity index (χ0n) is 17.3. The summed E-state index contributed by atoms with van der Waals surface area (Å²) in [6.07, 6.45) is 3.21. The molecule has 32 heavy (non-hydrogen) atoms. The standard InChI is InChI=1S/C24H23ClN4O2.ClH/c25-16-4-1-3-15(12-16)21-13-22(18-5-2-6-20(18)29-21)28-17-9-7-14(8-10-17)11-19(23(26)30)24(27)31;/h1,3-4,7-10,12-13,19H,2,5-6,11H2,(H2,26,30)(H2,27,31)(H,28,29);1H. The summed E-state index contributed by atoms with van der Waals surface area (Å²) >= 11 is 6.17. The first-order chi connectivity index (χ1) is 14.9. The largest absolute Gasteiger partial charge is 0.369 e. The molecule has 1 aromatic heterocycles. The van der Waals surface area contributed by atoms with Gasteiger partial charge in [-0.1, -0.05) is 35.9 Å². The summed E-state index contributed by atoms with van der Waals surface area (Å²) in [4.78, 5) is 27.7. The lowest BCUT2D eigenvalue weighted by Gasteiger charge is -2.15. The normalized spacial score (nSPS) is 12.2. The molecule has 1 aliphatic carbocycles. The number of nitrogens with two attached hydrogens (primary N) is 2. The molecule has 6 nitrogen and oxygen atoms in total. The minimum Gasteiger partial charge on any atom is -0.369 e. The number of aryl methyl sites for hydroxylation is 1. The summed E-state index contributed by atoms with van der Waals surface area (Å²) in [7, 11) is 0. The second kappa shape index (κ2) is 10.0. The molecule has 0 fully saturated rings. The zero-order valence-corrected chi connectivity index (χ0v) is 18.9. The summed E-state index contributed by atoms with van der Waals surface area (Å²) in [6.45, 7) is 0. The number of anilines is 2. The zero-order chi connectivity index (χ0) is 22.0. The second-order valence-electron chi connectivity index (χ2n) is 7.73. The third kappa shape index (κ3) is 5.21. The molecule has 1 aliphatic rings. The molecular formula is C24H24Cl2N4O2. The fourth-order valence-electron chi connectivity index (χ4n) is 3.91. The van der Waals surface area contributed by atoms with Crippen LogP contribution in [0.2, 0.25) is 5.02 Å². The van der Waals surface area contributed by atoms with Gasteiger partial charge < -0.3 is 16.8 Å². The third-order valence-corrected chi connectivity index (χ3v) is 5.77. The van der Waals surface area contributed by atoms with Crippen LogP contribution in [0.15, 0.2) is 54.6 Å². The molecule has 166 valence electrons. The fraction of sp³-hybridized carbons (Fsp3) is 0.208. The van der Waals surface area contributed by atoms with Crippen LogP contribution >= 0.6 is 24.0 Å². The number of rotatable bonds is 7. The van der Waals surface area contributed by atoms with Gasteiger partial charge in [0.1, 0.15) is 5.92 Å². The molecule has 0 spiro atoms. The second-order valence-corrected chi connectivity index (χ2v) is 8.16. The number of hydrogen-bond acceptors (Lipinski definition) is 4. The first kappa shape index (κ1) is 23.6. The Balaban J connectivity index is 0.00000289. The van der Waals surface area contributed by atoms with Crippen LogP contribution in [-0.4, -0.2) is 16.8 Å². The molecule has 0 saturated heterocycles. The van der Waals surface area contributed by atoms with Crippen LogP contribution in [0.3, 0.4) is 0 Å². The number of primary amides is 2. The number of nitrogens with zero attached hydrogens (tertiary/aromatic N) is 1. The van der Waals surface area contributed by atoms with E-state index in [4.69, 9.17) is 28.1 Å². The Kier molecular flexibility index (Phi) is 7.38.